The summed E-state index contributed by atoms with van der Waals surface area (Å²) >= 11 is 0. The number of carbonyl (C=O) groups excluding carboxylic acids is 2. The van der Waals surface area contributed by atoms with E-state index < -0.39 is 0 Å². The van der Waals surface area contributed by atoms with E-state index in [2.05, 4.69) is 0 Å². The standard InChI is InChI=1S/C16H25N3O4/c1-13-4-5-14(23-13)10-18(3)15(20)11-17(2)12-16(21)19-6-8-22-9-7-19/h4-5H,6-12H2,1-3H3. The summed E-state index contributed by atoms with van der Waals surface area (Å²) in [4.78, 5) is 29.5. The first-order valence-electron chi connectivity index (χ1n) is 7.79. The zero-order valence-corrected chi connectivity index (χ0v) is 14.1. The van der Waals surface area contributed by atoms with Crippen LogP contribution >= 0.6 is 0 Å². The van der Waals surface area contributed by atoms with Crippen LogP contribution in [0.3, 0.4) is 0 Å². The van der Waals surface area contributed by atoms with Crippen LogP contribution in [0.2, 0.25) is 0 Å². The maximum atomic E-state index is 12.2. The second-order valence-electron chi connectivity index (χ2n) is 5.93. The van der Waals surface area contributed by atoms with E-state index in [1.165, 1.54) is 0 Å². The number of furan rings is 1. The Labute approximate surface area is 136 Å². The van der Waals surface area contributed by atoms with Crippen molar-refractivity contribution in [1.82, 2.24) is 14.7 Å². The van der Waals surface area contributed by atoms with Gasteiger partial charge in [0.05, 0.1) is 32.8 Å². The van der Waals surface area contributed by atoms with Crippen molar-refractivity contribution in [3.05, 3.63) is 23.7 Å². The van der Waals surface area contributed by atoms with Crippen LogP contribution in [0, 0.1) is 6.92 Å². The minimum absolute atomic E-state index is 0.0351. The third kappa shape index (κ3) is 5.37. The van der Waals surface area contributed by atoms with Gasteiger partial charge < -0.3 is 19.0 Å². The fraction of sp³-hybridized carbons (Fsp3) is 0.625. The molecule has 23 heavy (non-hydrogen) atoms. The second-order valence-corrected chi connectivity index (χ2v) is 5.93. The van der Waals surface area contributed by atoms with Gasteiger partial charge in [-0.1, -0.05) is 0 Å². The van der Waals surface area contributed by atoms with Crippen molar-refractivity contribution >= 4 is 11.8 Å². The van der Waals surface area contributed by atoms with Gasteiger partial charge in [-0.2, -0.15) is 0 Å². The molecule has 1 aliphatic rings. The van der Waals surface area contributed by atoms with Gasteiger partial charge in [0.15, 0.2) is 0 Å². The molecule has 1 fully saturated rings. The Kier molecular flexibility index (Phi) is 6.18. The highest BCUT2D eigenvalue weighted by atomic mass is 16.5. The van der Waals surface area contributed by atoms with Crippen LogP contribution in [0.1, 0.15) is 11.5 Å². The van der Waals surface area contributed by atoms with Gasteiger partial charge in [0.2, 0.25) is 11.8 Å². The molecule has 1 saturated heterocycles. The van der Waals surface area contributed by atoms with Crippen LogP contribution in [-0.2, 0) is 20.9 Å². The van der Waals surface area contributed by atoms with Crippen molar-refractivity contribution in [3.8, 4) is 0 Å². The predicted molar refractivity (Wildman–Crippen MR) is 84.8 cm³/mol. The van der Waals surface area contributed by atoms with Crippen LogP contribution in [0.4, 0.5) is 0 Å². The SMILES string of the molecule is Cc1ccc(CN(C)C(=O)CN(C)CC(=O)N2CCOCC2)o1. The second kappa shape index (κ2) is 8.12. The number of hydrogen-bond donors (Lipinski definition) is 0. The van der Waals surface area contributed by atoms with Crippen molar-refractivity contribution in [2.45, 2.75) is 13.5 Å². The number of nitrogens with zero attached hydrogens (tertiary/aromatic N) is 3. The Balaban J connectivity index is 1.75. The normalized spacial score (nSPS) is 15.0. The van der Waals surface area contributed by atoms with Gasteiger partial charge in [0, 0.05) is 20.1 Å². The summed E-state index contributed by atoms with van der Waals surface area (Å²) in [6.45, 7) is 5.15. The van der Waals surface area contributed by atoms with E-state index in [1.807, 2.05) is 19.1 Å². The highest BCUT2D eigenvalue weighted by molar-refractivity contribution is 5.81. The summed E-state index contributed by atoms with van der Waals surface area (Å²) in [5, 5.41) is 0. The first-order valence-corrected chi connectivity index (χ1v) is 7.79. The molecular formula is C16H25N3O4. The molecule has 1 aliphatic heterocycles. The molecule has 0 aromatic carbocycles. The van der Waals surface area contributed by atoms with E-state index in [0.29, 0.717) is 32.8 Å². The first-order chi connectivity index (χ1) is 11.0. The van der Waals surface area contributed by atoms with Crippen molar-refractivity contribution in [3.63, 3.8) is 0 Å². The smallest absolute Gasteiger partial charge is 0.236 e. The first kappa shape index (κ1) is 17.5. The topological polar surface area (TPSA) is 66.2 Å². The molecule has 0 saturated carbocycles. The third-order valence-electron chi connectivity index (χ3n) is 3.79. The molecule has 0 bridgehead atoms. The number of morpholine rings is 1. The molecule has 0 radical (unpaired) electrons. The molecule has 128 valence electrons. The van der Waals surface area contributed by atoms with Gasteiger partial charge in [-0.25, -0.2) is 0 Å². The lowest BCUT2D eigenvalue weighted by atomic mass is 10.3. The molecule has 1 aromatic heterocycles. The van der Waals surface area contributed by atoms with Crippen LogP contribution in [-0.4, -0.2) is 80.0 Å². The van der Waals surface area contributed by atoms with E-state index in [4.69, 9.17) is 9.15 Å². The number of carbonyl (C=O) groups is 2. The number of amides is 2. The van der Waals surface area contributed by atoms with Crippen LogP contribution in [0.5, 0.6) is 0 Å². The fourth-order valence-electron chi connectivity index (χ4n) is 2.44. The summed E-state index contributed by atoms with van der Waals surface area (Å²) in [6.07, 6.45) is 0. The average molecular weight is 323 g/mol. The summed E-state index contributed by atoms with van der Waals surface area (Å²) in [6, 6.07) is 3.74. The van der Waals surface area contributed by atoms with Crippen LogP contribution in [0.15, 0.2) is 16.5 Å². The molecule has 0 unspecified atom stereocenters. The molecule has 0 spiro atoms. The summed E-state index contributed by atoms with van der Waals surface area (Å²) < 4.78 is 10.7. The maximum absolute atomic E-state index is 12.2. The lowest BCUT2D eigenvalue weighted by Gasteiger charge is -2.29. The van der Waals surface area contributed by atoms with E-state index in [1.54, 1.807) is 28.8 Å². The Morgan fingerprint density at radius 2 is 1.87 bits per heavy atom. The molecule has 2 rings (SSSR count). The van der Waals surface area contributed by atoms with Gasteiger partial charge in [-0.3, -0.25) is 14.5 Å². The Morgan fingerprint density at radius 1 is 1.17 bits per heavy atom. The number of rotatable bonds is 6. The Morgan fingerprint density at radius 3 is 2.48 bits per heavy atom. The summed E-state index contributed by atoms with van der Waals surface area (Å²) in [7, 11) is 3.51. The molecule has 1 aromatic rings. The zero-order valence-electron chi connectivity index (χ0n) is 14.1. The summed E-state index contributed by atoms with van der Waals surface area (Å²) in [5.41, 5.74) is 0. The largest absolute Gasteiger partial charge is 0.464 e. The maximum Gasteiger partial charge on any atom is 0.236 e. The van der Waals surface area contributed by atoms with Gasteiger partial charge in [0.25, 0.3) is 0 Å². The fourth-order valence-corrected chi connectivity index (χ4v) is 2.44. The number of hydrogen-bond acceptors (Lipinski definition) is 5. The minimum atomic E-state index is -0.0451. The zero-order chi connectivity index (χ0) is 16.8. The molecule has 0 aliphatic carbocycles. The van der Waals surface area contributed by atoms with Crippen molar-refractivity contribution in [2.24, 2.45) is 0 Å². The van der Waals surface area contributed by atoms with Gasteiger partial charge >= 0.3 is 0 Å². The van der Waals surface area contributed by atoms with Crippen molar-refractivity contribution < 1.29 is 18.7 Å². The number of ether oxygens (including phenoxy) is 1. The van der Waals surface area contributed by atoms with Crippen molar-refractivity contribution in [1.29, 1.82) is 0 Å². The molecule has 7 heteroatoms. The highest BCUT2D eigenvalue weighted by Crippen LogP contribution is 2.09. The van der Waals surface area contributed by atoms with E-state index in [9.17, 15) is 9.59 Å². The predicted octanol–water partition coefficient (Wildman–Crippen LogP) is 0.337. The van der Waals surface area contributed by atoms with E-state index in [-0.39, 0.29) is 24.9 Å². The lowest BCUT2D eigenvalue weighted by Crippen LogP contribution is -2.46. The third-order valence-corrected chi connectivity index (χ3v) is 3.79. The molecule has 2 amide bonds. The van der Waals surface area contributed by atoms with Gasteiger partial charge in [-0.15, -0.1) is 0 Å². The van der Waals surface area contributed by atoms with Crippen LogP contribution in [0.25, 0.3) is 0 Å². The van der Waals surface area contributed by atoms with Gasteiger partial charge in [0.1, 0.15) is 11.5 Å². The lowest BCUT2D eigenvalue weighted by molar-refractivity contribution is -0.137. The monoisotopic (exact) mass is 323 g/mol. The number of likely N-dealkylation sites (N-methyl/N-ethyl adjacent to an activating group) is 2. The van der Waals surface area contributed by atoms with Gasteiger partial charge in [-0.05, 0) is 26.1 Å². The molecule has 2 heterocycles. The molecular weight excluding hydrogens is 298 g/mol. The Bertz CT molecular complexity index is 537. The highest BCUT2D eigenvalue weighted by Gasteiger charge is 2.20. The molecule has 0 atom stereocenters. The van der Waals surface area contributed by atoms with Crippen molar-refractivity contribution in [2.75, 3.05) is 53.5 Å². The summed E-state index contributed by atoms with van der Waals surface area (Å²) in [5.74, 6) is 1.57. The number of aryl methyl sites for hydroxylation is 1. The van der Waals surface area contributed by atoms with E-state index >= 15 is 0 Å². The Hall–Kier alpha value is -1.86. The molecule has 7 nitrogen and oxygen atoms in total. The minimum Gasteiger partial charge on any atom is -0.464 e. The van der Waals surface area contributed by atoms with E-state index in [0.717, 1.165) is 11.5 Å². The average Bonchev–Trinajstić information content (AvgIpc) is 2.93. The van der Waals surface area contributed by atoms with Crippen LogP contribution < -0.4 is 0 Å². The molecule has 0 N–H and O–H groups in total. The quantitative estimate of drug-likeness (QED) is 0.755.